The number of carbonyl (C=O) groups is 1. The summed E-state index contributed by atoms with van der Waals surface area (Å²) in [5.41, 5.74) is 1.65. The molecular weight excluding hydrogens is 404 g/mol. The number of hydrogen-bond donors (Lipinski definition) is 2. The Balaban J connectivity index is 1.47. The quantitative estimate of drug-likeness (QED) is 0.505. The summed E-state index contributed by atoms with van der Waals surface area (Å²) in [4.78, 5) is 25.3. The monoisotopic (exact) mass is 436 g/mol. The van der Waals surface area contributed by atoms with Crippen LogP contribution in [-0.4, -0.2) is 45.1 Å². The molecule has 2 heterocycles. The van der Waals surface area contributed by atoms with Crippen molar-refractivity contribution in [1.82, 2.24) is 24.8 Å². The molecule has 0 fully saturated rings. The normalized spacial score (nSPS) is 11.2. The average Bonchev–Trinajstić information content (AvgIpc) is 3.26. The predicted molar refractivity (Wildman–Crippen MR) is 125 cm³/mol. The molecule has 0 aliphatic rings. The molecule has 0 unspecified atom stereocenters. The second-order valence-electron chi connectivity index (χ2n) is 8.89. The number of rotatable bonds is 10. The first-order chi connectivity index (χ1) is 15.3. The summed E-state index contributed by atoms with van der Waals surface area (Å²) in [5, 5.41) is 6.25. The summed E-state index contributed by atoms with van der Waals surface area (Å²) in [6.07, 6.45) is 7.74. The van der Waals surface area contributed by atoms with E-state index in [9.17, 15) is 4.79 Å². The zero-order chi connectivity index (χ0) is 23.0. The van der Waals surface area contributed by atoms with Crippen molar-refractivity contribution in [1.29, 1.82) is 0 Å². The molecule has 0 bridgehead atoms. The second kappa shape index (κ2) is 10.7. The SMILES string of the molecule is Cc1ncc(C(=O)NCCc2ccc(OCCn3ccnc3)cc2)c(NCC(C)(C)C)n1. The summed E-state index contributed by atoms with van der Waals surface area (Å²) in [6, 6.07) is 7.94. The van der Waals surface area contributed by atoms with Crippen molar-refractivity contribution < 1.29 is 9.53 Å². The molecule has 0 atom stereocenters. The van der Waals surface area contributed by atoms with E-state index in [1.807, 2.05) is 42.0 Å². The van der Waals surface area contributed by atoms with Crippen LogP contribution in [0.15, 0.2) is 49.2 Å². The molecule has 0 aliphatic heterocycles. The molecule has 0 saturated carbocycles. The van der Waals surface area contributed by atoms with Crippen LogP contribution >= 0.6 is 0 Å². The van der Waals surface area contributed by atoms with Gasteiger partial charge >= 0.3 is 0 Å². The van der Waals surface area contributed by atoms with E-state index in [1.165, 1.54) is 0 Å². The van der Waals surface area contributed by atoms with E-state index in [0.717, 1.165) is 24.3 Å². The highest BCUT2D eigenvalue weighted by Gasteiger charge is 2.16. The van der Waals surface area contributed by atoms with Crippen molar-refractivity contribution in [3.63, 3.8) is 0 Å². The van der Waals surface area contributed by atoms with Crippen molar-refractivity contribution in [2.45, 2.75) is 40.7 Å². The third-order valence-electron chi connectivity index (χ3n) is 4.74. The minimum absolute atomic E-state index is 0.0714. The number of benzene rings is 1. The Kier molecular flexibility index (Phi) is 7.81. The first-order valence-electron chi connectivity index (χ1n) is 10.8. The number of aromatic nitrogens is 4. The van der Waals surface area contributed by atoms with Crippen LogP contribution in [0.3, 0.4) is 0 Å². The molecular formula is C24H32N6O2. The number of aryl methyl sites for hydroxylation is 1. The molecule has 2 N–H and O–H groups in total. The summed E-state index contributed by atoms with van der Waals surface area (Å²) >= 11 is 0. The lowest BCUT2D eigenvalue weighted by molar-refractivity contribution is 0.0954. The lowest BCUT2D eigenvalue weighted by atomic mass is 9.97. The van der Waals surface area contributed by atoms with Crippen LogP contribution in [0.2, 0.25) is 0 Å². The molecule has 32 heavy (non-hydrogen) atoms. The molecule has 0 saturated heterocycles. The highest BCUT2D eigenvalue weighted by atomic mass is 16.5. The van der Waals surface area contributed by atoms with Crippen LogP contribution in [0.5, 0.6) is 5.75 Å². The summed E-state index contributed by atoms with van der Waals surface area (Å²) in [7, 11) is 0. The first-order valence-corrected chi connectivity index (χ1v) is 10.8. The molecule has 3 aromatic rings. The molecule has 8 nitrogen and oxygen atoms in total. The van der Waals surface area contributed by atoms with Crippen LogP contribution in [0.4, 0.5) is 5.82 Å². The minimum Gasteiger partial charge on any atom is -0.492 e. The van der Waals surface area contributed by atoms with Gasteiger partial charge in [-0.3, -0.25) is 4.79 Å². The van der Waals surface area contributed by atoms with E-state index in [1.54, 1.807) is 18.7 Å². The van der Waals surface area contributed by atoms with Crippen LogP contribution < -0.4 is 15.4 Å². The van der Waals surface area contributed by atoms with Gasteiger partial charge in [-0.05, 0) is 36.5 Å². The number of hydrogen-bond acceptors (Lipinski definition) is 6. The molecule has 2 aromatic heterocycles. The molecule has 0 radical (unpaired) electrons. The number of anilines is 1. The van der Waals surface area contributed by atoms with Crippen molar-refractivity contribution in [2.24, 2.45) is 5.41 Å². The highest BCUT2D eigenvalue weighted by Crippen LogP contribution is 2.17. The Morgan fingerprint density at radius 2 is 1.97 bits per heavy atom. The Bertz CT molecular complexity index is 994. The van der Waals surface area contributed by atoms with E-state index in [2.05, 4.69) is 46.4 Å². The Hall–Kier alpha value is -3.42. The molecule has 3 rings (SSSR count). The van der Waals surface area contributed by atoms with Gasteiger partial charge in [0, 0.05) is 31.7 Å². The molecule has 1 amide bonds. The number of nitrogens with one attached hydrogen (secondary N) is 2. The van der Waals surface area contributed by atoms with Crippen molar-refractivity contribution in [2.75, 3.05) is 25.0 Å². The van der Waals surface area contributed by atoms with E-state index in [4.69, 9.17) is 4.74 Å². The fourth-order valence-electron chi connectivity index (χ4n) is 2.98. The van der Waals surface area contributed by atoms with Crippen molar-refractivity contribution >= 4 is 11.7 Å². The third-order valence-corrected chi connectivity index (χ3v) is 4.74. The van der Waals surface area contributed by atoms with Crippen molar-refractivity contribution in [3.05, 3.63) is 66.1 Å². The van der Waals surface area contributed by atoms with Crippen molar-refractivity contribution in [3.8, 4) is 5.75 Å². The first kappa shape index (κ1) is 23.2. The maximum Gasteiger partial charge on any atom is 0.256 e. The minimum atomic E-state index is -0.180. The molecule has 8 heteroatoms. The largest absolute Gasteiger partial charge is 0.492 e. The fourth-order valence-corrected chi connectivity index (χ4v) is 2.98. The molecule has 0 aliphatic carbocycles. The number of nitrogens with zero attached hydrogens (tertiary/aromatic N) is 4. The predicted octanol–water partition coefficient (Wildman–Crippen LogP) is 3.49. The Morgan fingerprint density at radius 1 is 1.19 bits per heavy atom. The van der Waals surface area contributed by atoms with Gasteiger partial charge in [-0.2, -0.15) is 0 Å². The van der Waals surface area contributed by atoms with Gasteiger partial charge in [0.2, 0.25) is 0 Å². The average molecular weight is 437 g/mol. The fraction of sp³-hybridized carbons (Fsp3) is 0.417. The number of imidazole rings is 1. The van der Waals surface area contributed by atoms with Gasteiger partial charge in [0.05, 0.1) is 12.9 Å². The summed E-state index contributed by atoms with van der Waals surface area (Å²) in [5.74, 6) is 1.84. The standard InChI is InChI=1S/C24H32N6O2/c1-18-27-15-21(22(29-18)28-16-24(2,3)4)23(31)26-10-9-19-5-7-20(8-6-19)32-14-13-30-12-11-25-17-30/h5-8,11-12,15,17H,9-10,13-14,16H2,1-4H3,(H,26,31)(H,27,28,29). The van der Waals surface area contributed by atoms with Crippen LogP contribution in [-0.2, 0) is 13.0 Å². The van der Waals surface area contributed by atoms with Gasteiger partial charge in [0.1, 0.15) is 29.6 Å². The topological polar surface area (TPSA) is 94.0 Å². The maximum absolute atomic E-state index is 12.7. The zero-order valence-corrected chi connectivity index (χ0v) is 19.3. The van der Waals surface area contributed by atoms with Gasteiger partial charge in [0.25, 0.3) is 5.91 Å². The van der Waals surface area contributed by atoms with Crippen LogP contribution in [0.25, 0.3) is 0 Å². The summed E-state index contributed by atoms with van der Waals surface area (Å²) < 4.78 is 7.74. The molecule has 0 spiro atoms. The zero-order valence-electron chi connectivity index (χ0n) is 19.3. The van der Waals surface area contributed by atoms with Gasteiger partial charge in [-0.25, -0.2) is 15.0 Å². The lowest BCUT2D eigenvalue weighted by Gasteiger charge is -2.20. The van der Waals surface area contributed by atoms with Gasteiger partial charge in [-0.1, -0.05) is 32.9 Å². The second-order valence-corrected chi connectivity index (χ2v) is 8.89. The van der Waals surface area contributed by atoms with Gasteiger partial charge < -0.3 is 19.9 Å². The highest BCUT2D eigenvalue weighted by molar-refractivity contribution is 5.98. The summed E-state index contributed by atoms with van der Waals surface area (Å²) in [6.45, 7) is 10.8. The molecule has 1 aromatic carbocycles. The van der Waals surface area contributed by atoms with E-state index >= 15 is 0 Å². The van der Waals surface area contributed by atoms with Crippen LogP contribution in [0.1, 0.15) is 42.5 Å². The Labute approximate surface area is 189 Å². The number of amides is 1. The smallest absolute Gasteiger partial charge is 0.256 e. The maximum atomic E-state index is 12.7. The number of ether oxygens (including phenoxy) is 1. The van der Waals surface area contributed by atoms with E-state index in [-0.39, 0.29) is 11.3 Å². The van der Waals surface area contributed by atoms with Crippen LogP contribution in [0, 0.1) is 12.3 Å². The Morgan fingerprint density at radius 3 is 2.66 bits per heavy atom. The lowest BCUT2D eigenvalue weighted by Crippen LogP contribution is -2.28. The third kappa shape index (κ3) is 7.37. The van der Waals surface area contributed by atoms with E-state index in [0.29, 0.717) is 36.9 Å². The molecule has 170 valence electrons. The number of carbonyl (C=O) groups excluding carboxylic acids is 1. The van der Waals surface area contributed by atoms with Gasteiger partial charge in [-0.15, -0.1) is 0 Å². The van der Waals surface area contributed by atoms with Gasteiger partial charge in [0.15, 0.2) is 0 Å². The van der Waals surface area contributed by atoms with E-state index < -0.39 is 0 Å².